The van der Waals surface area contributed by atoms with Gasteiger partial charge in [0.15, 0.2) is 0 Å². The van der Waals surface area contributed by atoms with Crippen molar-refractivity contribution in [1.29, 1.82) is 0 Å². The molecule has 1 aromatic heterocycles. The van der Waals surface area contributed by atoms with Gasteiger partial charge >= 0.3 is 5.97 Å². The highest BCUT2D eigenvalue weighted by Gasteiger charge is 2.28. The standard InChI is InChI=1S/C40H36N4O7S2/c1-24-33(40(49)51-4)39(53-34(24)38(48)41-28-17-9-6-10-18-28)44-35(45)25(2)52-30-20-13-19-29(23-30)42-37(47)31(22-27-16-11-12-21-32(27)50-3)43-36(46)26-14-7-5-8-15-26/h5-23,25H,1-4H3,(H,41,48)(H,42,47)(H,43,46)(H,44,45)/b31-22+. The molecule has 0 spiro atoms. The van der Waals surface area contributed by atoms with E-state index < -0.39 is 34.8 Å². The lowest BCUT2D eigenvalue weighted by atomic mass is 10.1. The zero-order valence-corrected chi connectivity index (χ0v) is 30.9. The smallest absolute Gasteiger partial charge is 0.341 e. The number of amides is 4. The fourth-order valence-electron chi connectivity index (χ4n) is 5.08. The van der Waals surface area contributed by atoms with Crippen LogP contribution in [0, 0.1) is 6.92 Å². The lowest BCUT2D eigenvalue weighted by Crippen LogP contribution is -2.30. The third kappa shape index (κ3) is 9.79. The molecule has 1 atom stereocenters. The molecule has 11 nitrogen and oxygen atoms in total. The van der Waals surface area contributed by atoms with Gasteiger partial charge in [0.2, 0.25) is 5.91 Å². The quantitative estimate of drug-likeness (QED) is 0.0545. The summed E-state index contributed by atoms with van der Waals surface area (Å²) < 4.78 is 10.4. The van der Waals surface area contributed by atoms with Gasteiger partial charge in [0.1, 0.15) is 16.4 Å². The van der Waals surface area contributed by atoms with Gasteiger partial charge in [-0.1, -0.05) is 60.7 Å². The van der Waals surface area contributed by atoms with Crippen LogP contribution in [0.3, 0.4) is 0 Å². The first-order chi connectivity index (χ1) is 25.6. The van der Waals surface area contributed by atoms with Crippen LogP contribution in [-0.2, 0) is 14.3 Å². The molecule has 5 rings (SSSR count). The molecule has 270 valence electrons. The summed E-state index contributed by atoms with van der Waals surface area (Å²) in [4.78, 5) is 67.0. The number of thioether (sulfide) groups is 1. The van der Waals surface area contributed by atoms with Crippen LogP contribution in [0.2, 0.25) is 0 Å². The predicted octanol–water partition coefficient (Wildman–Crippen LogP) is 7.63. The number of nitrogens with one attached hydrogen (secondary N) is 4. The van der Waals surface area contributed by atoms with E-state index in [9.17, 15) is 24.0 Å². The summed E-state index contributed by atoms with van der Waals surface area (Å²) in [5.74, 6) is -2.06. The van der Waals surface area contributed by atoms with Crippen LogP contribution >= 0.6 is 23.1 Å². The Morgan fingerprint density at radius 3 is 2.11 bits per heavy atom. The Bertz CT molecular complexity index is 2170. The van der Waals surface area contributed by atoms with Crippen molar-refractivity contribution < 1.29 is 33.4 Å². The van der Waals surface area contributed by atoms with E-state index >= 15 is 0 Å². The van der Waals surface area contributed by atoms with Gasteiger partial charge in [-0.05, 0) is 74.0 Å². The minimum Gasteiger partial charge on any atom is -0.496 e. The predicted molar refractivity (Wildman–Crippen MR) is 209 cm³/mol. The molecule has 1 heterocycles. The first-order valence-corrected chi connectivity index (χ1v) is 18.0. The molecule has 5 aromatic rings. The molecule has 4 aromatic carbocycles. The first-order valence-electron chi connectivity index (χ1n) is 16.3. The number of carbonyl (C=O) groups excluding carboxylic acids is 5. The van der Waals surface area contributed by atoms with Gasteiger partial charge in [0.25, 0.3) is 17.7 Å². The van der Waals surface area contributed by atoms with Crippen molar-refractivity contribution >= 4 is 75.1 Å². The molecule has 0 fully saturated rings. The van der Waals surface area contributed by atoms with Crippen LogP contribution in [0.5, 0.6) is 5.75 Å². The first kappa shape index (κ1) is 38.1. The number of esters is 1. The number of thiophene rings is 1. The highest BCUT2D eigenvalue weighted by atomic mass is 32.2. The Kier molecular flexibility index (Phi) is 12.8. The van der Waals surface area contributed by atoms with E-state index in [1.54, 1.807) is 117 Å². The lowest BCUT2D eigenvalue weighted by molar-refractivity contribution is -0.115. The summed E-state index contributed by atoms with van der Waals surface area (Å²) in [7, 11) is 2.75. The molecular formula is C40H36N4O7S2. The van der Waals surface area contributed by atoms with Crippen molar-refractivity contribution in [3.05, 3.63) is 142 Å². The van der Waals surface area contributed by atoms with E-state index in [4.69, 9.17) is 9.47 Å². The van der Waals surface area contributed by atoms with E-state index in [0.29, 0.717) is 38.7 Å². The Hall–Kier alpha value is -6.18. The van der Waals surface area contributed by atoms with Gasteiger partial charge in [0.05, 0.1) is 29.9 Å². The van der Waals surface area contributed by atoms with Gasteiger partial charge in [-0.25, -0.2) is 4.79 Å². The summed E-state index contributed by atoms with van der Waals surface area (Å²) in [6, 6.07) is 31.4. The zero-order chi connectivity index (χ0) is 37.9. The minimum absolute atomic E-state index is 0.0152. The summed E-state index contributed by atoms with van der Waals surface area (Å²) in [5, 5.41) is 10.7. The Labute approximate surface area is 314 Å². The van der Waals surface area contributed by atoms with Crippen LogP contribution in [0.4, 0.5) is 16.4 Å². The van der Waals surface area contributed by atoms with Gasteiger partial charge in [-0.2, -0.15) is 0 Å². The molecule has 1 unspecified atom stereocenters. The summed E-state index contributed by atoms with van der Waals surface area (Å²) in [5.41, 5.74) is 2.43. The number of para-hydroxylation sites is 2. The second-order valence-electron chi connectivity index (χ2n) is 11.4. The number of methoxy groups -OCH3 is 2. The number of carbonyl (C=O) groups is 5. The van der Waals surface area contributed by atoms with Gasteiger partial charge in [-0.15, -0.1) is 23.1 Å². The van der Waals surface area contributed by atoms with E-state index in [1.807, 2.05) is 6.07 Å². The average molecular weight is 749 g/mol. The maximum atomic E-state index is 13.6. The SMILES string of the molecule is COC(=O)c1c(NC(=O)C(C)Sc2cccc(NC(=O)/C(=C\c3ccccc3OC)NC(=O)c3ccccc3)c2)sc(C(=O)Nc2ccccc2)c1C. The monoisotopic (exact) mass is 748 g/mol. The van der Waals surface area contributed by atoms with Crippen molar-refractivity contribution in [3.8, 4) is 5.75 Å². The third-order valence-electron chi connectivity index (χ3n) is 7.75. The van der Waals surface area contributed by atoms with E-state index in [0.717, 1.165) is 11.3 Å². The normalized spacial score (nSPS) is 11.5. The molecule has 0 aliphatic carbocycles. The molecule has 13 heteroatoms. The van der Waals surface area contributed by atoms with Crippen molar-refractivity contribution in [2.24, 2.45) is 0 Å². The molecule has 4 amide bonds. The number of anilines is 3. The van der Waals surface area contributed by atoms with Crippen molar-refractivity contribution in [2.45, 2.75) is 24.0 Å². The Morgan fingerprint density at radius 2 is 1.42 bits per heavy atom. The average Bonchev–Trinajstić information content (AvgIpc) is 3.50. The fraction of sp³-hybridized carbons (Fsp3) is 0.125. The third-order valence-corrected chi connectivity index (χ3v) is 10.1. The van der Waals surface area contributed by atoms with Crippen LogP contribution in [-0.4, -0.2) is 49.1 Å². The molecule has 0 aliphatic heterocycles. The van der Waals surface area contributed by atoms with Gasteiger partial charge < -0.3 is 30.7 Å². The topological polar surface area (TPSA) is 152 Å². The number of benzene rings is 4. The maximum absolute atomic E-state index is 13.6. The highest BCUT2D eigenvalue weighted by Crippen LogP contribution is 2.35. The number of ether oxygens (including phenoxy) is 2. The second-order valence-corrected chi connectivity index (χ2v) is 13.9. The van der Waals surface area contributed by atoms with Crippen LogP contribution in [0.1, 0.15) is 48.4 Å². The minimum atomic E-state index is -0.685. The van der Waals surface area contributed by atoms with Crippen molar-refractivity contribution in [3.63, 3.8) is 0 Å². The summed E-state index contributed by atoms with van der Waals surface area (Å²) in [6.45, 7) is 3.32. The number of rotatable bonds is 13. The number of hydrogen-bond donors (Lipinski definition) is 4. The van der Waals surface area contributed by atoms with E-state index in [2.05, 4.69) is 21.3 Å². The highest BCUT2D eigenvalue weighted by molar-refractivity contribution is 8.00. The van der Waals surface area contributed by atoms with Crippen molar-refractivity contribution in [2.75, 3.05) is 30.2 Å². The van der Waals surface area contributed by atoms with Crippen molar-refractivity contribution in [1.82, 2.24) is 5.32 Å². The fourth-order valence-corrected chi connectivity index (χ4v) is 7.10. The van der Waals surface area contributed by atoms with Gasteiger partial charge in [-0.3, -0.25) is 19.2 Å². The van der Waals surface area contributed by atoms with Crippen LogP contribution in [0.25, 0.3) is 6.08 Å². The molecule has 53 heavy (non-hydrogen) atoms. The maximum Gasteiger partial charge on any atom is 0.341 e. The summed E-state index contributed by atoms with van der Waals surface area (Å²) in [6.07, 6.45) is 1.53. The molecule has 0 bridgehead atoms. The molecule has 0 aliphatic rings. The Morgan fingerprint density at radius 1 is 0.755 bits per heavy atom. The molecule has 4 N–H and O–H groups in total. The molecule has 0 saturated heterocycles. The molecule has 0 radical (unpaired) electrons. The largest absolute Gasteiger partial charge is 0.496 e. The second kappa shape index (κ2) is 17.8. The van der Waals surface area contributed by atoms with Crippen LogP contribution < -0.4 is 26.0 Å². The van der Waals surface area contributed by atoms with E-state index in [1.165, 1.54) is 32.1 Å². The van der Waals surface area contributed by atoms with Crippen LogP contribution in [0.15, 0.2) is 120 Å². The Balaban J connectivity index is 1.31. The zero-order valence-electron chi connectivity index (χ0n) is 29.2. The van der Waals surface area contributed by atoms with Gasteiger partial charge in [0, 0.05) is 27.4 Å². The number of hydrogen-bond acceptors (Lipinski definition) is 9. The summed E-state index contributed by atoms with van der Waals surface area (Å²) >= 11 is 2.20. The van der Waals surface area contributed by atoms with E-state index in [-0.39, 0.29) is 21.1 Å². The molecular weight excluding hydrogens is 713 g/mol. The lowest BCUT2D eigenvalue weighted by Gasteiger charge is -2.14. The molecule has 0 saturated carbocycles.